The van der Waals surface area contributed by atoms with Crippen molar-refractivity contribution in [3.05, 3.63) is 120 Å². The fraction of sp³-hybridized carbons (Fsp3) is 0.133. The number of hydrogen-bond donors (Lipinski definition) is 2. The molecule has 37 heavy (non-hydrogen) atoms. The average Bonchev–Trinajstić information content (AvgIpc) is 2.90. The van der Waals surface area contributed by atoms with Crippen molar-refractivity contribution in [2.24, 2.45) is 0 Å². The van der Waals surface area contributed by atoms with E-state index < -0.39 is 5.82 Å². The molecule has 0 heterocycles. The first-order valence-corrected chi connectivity index (χ1v) is 12.0. The predicted molar refractivity (Wildman–Crippen MR) is 144 cm³/mol. The van der Waals surface area contributed by atoms with E-state index in [1.54, 1.807) is 23.1 Å². The van der Waals surface area contributed by atoms with Crippen LogP contribution in [0.5, 0.6) is 11.5 Å². The van der Waals surface area contributed by atoms with Gasteiger partial charge in [0.05, 0.1) is 0 Å². The highest BCUT2D eigenvalue weighted by Crippen LogP contribution is 2.25. The van der Waals surface area contributed by atoms with Crippen molar-refractivity contribution in [3.63, 3.8) is 0 Å². The molecular weight excluding hydrogens is 469 g/mol. The van der Waals surface area contributed by atoms with Gasteiger partial charge in [-0.2, -0.15) is 0 Å². The van der Waals surface area contributed by atoms with Crippen LogP contribution in [0.3, 0.4) is 0 Å². The minimum absolute atomic E-state index is 0.253. The molecule has 4 aromatic carbocycles. The molecule has 0 saturated carbocycles. The van der Waals surface area contributed by atoms with E-state index >= 15 is 0 Å². The molecule has 0 unspecified atom stereocenters. The molecule has 0 aliphatic carbocycles. The molecule has 0 aliphatic rings. The number of nitrogens with one attached hydrogen (secondary N) is 2. The Balaban J connectivity index is 1.43. The number of urea groups is 1. The maximum Gasteiger partial charge on any atom is 0.326 e. The van der Waals surface area contributed by atoms with Crippen molar-refractivity contribution in [1.29, 1.82) is 0 Å². The summed E-state index contributed by atoms with van der Waals surface area (Å²) in [6.45, 7) is 2.62. The Kier molecular flexibility index (Phi) is 8.49. The van der Waals surface area contributed by atoms with Gasteiger partial charge < -0.3 is 15.4 Å². The highest BCUT2D eigenvalue weighted by molar-refractivity contribution is 6.01. The van der Waals surface area contributed by atoms with E-state index in [2.05, 4.69) is 10.6 Å². The van der Waals surface area contributed by atoms with Gasteiger partial charge in [-0.1, -0.05) is 36.4 Å². The Morgan fingerprint density at radius 2 is 1.57 bits per heavy atom. The number of nitrogens with zero attached hydrogens (tertiary/aromatic N) is 1. The summed E-state index contributed by atoms with van der Waals surface area (Å²) >= 11 is 0. The molecule has 2 N–H and O–H groups in total. The minimum Gasteiger partial charge on any atom is -0.457 e. The highest BCUT2D eigenvalue weighted by Gasteiger charge is 2.17. The van der Waals surface area contributed by atoms with Crippen LogP contribution >= 0.6 is 0 Å². The average molecular weight is 498 g/mol. The minimum atomic E-state index is -0.466. The fourth-order valence-electron chi connectivity index (χ4n) is 3.75. The maximum absolute atomic E-state index is 13.4. The number of hydrogen-bond acceptors (Lipinski definition) is 3. The summed E-state index contributed by atoms with van der Waals surface area (Å²) in [6.07, 6.45) is 0.491. The molecule has 6 nitrogen and oxygen atoms in total. The third kappa shape index (κ3) is 7.41. The first-order chi connectivity index (χ1) is 18.0. The van der Waals surface area contributed by atoms with Crippen LogP contribution in [-0.2, 0) is 0 Å². The molecule has 0 atom stereocenters. The number of carbonyl (C=O) groups excluding carboxylic acids is 2. The summed E-state index contributed by atoms with van der Waals surface area (Å²) in [5.41, 5.74) is 2.66. The van der Waals surface area contributed by atoms with E-state index in [0.29, 0.717) is 36.6 Å². The van der Waals surface area contributed by atoms with Crippen LogP contribution in [0.4, 0.5) is 20.6 Å². The predicted octanol–water partition coefficient (Wildman–Crippen LogP) is 6.79. The molecule has 0 fully saturated rings. The van der Waals surface area contributed by atoms with Crippen LogP contribution in [-0.4, -0.2) is 25.0 Å². The van der Waals surface area contributed by atoms with Crippen molar-refractivity contribution in [1.82, 2.24) is 5.32 Å². The van der Waals surface area contributed by atoms with Gasteiger partial charge in [0.1, 0.15) is 17.3 Å². The van der Waals surface area contributed by atoms with Crippen LogP contribution in [0, 0.1) is 12.7 Å². The zero-order valence-electron chi connectivity index (χ0n) is 20.5. The number of anilines is 2. The lowest BCUT2D eigenvalue weighted by Gasteiger charge is -2.24. The first-order valence-electron chi connectivity index (χ1n) is 12.0. The van der Waals surface area contributed by atoms with E-state index in [9.17, 15) is 14.0 Å². The van der Waals surface area contributed by atoms with Gasteiger partial charge in [-0.05, 0) is 85.6 Å². The number of benzene rings is 4. The largest absolute Gasteiger partial charge is 0.457 e. The lowest BCUT2D eigenvalue weighted by atomic mass is 10.2. The second kappa shape index (κ2) is 12.4. The summed E-state index contributed by atoms with van der Waals surface area (Å²) < 4.78 is 19.3. The SMILES string of the molecule is Cc1cccc(NC(=O)N(CCCNC(=O)c2cccc(F)c2)c2ccc(Oc3ccccc3)cc2)c1. The Hall–Kier alpha value is -4.65. The van der Waals surface area contributed by atoms with Crippen LogP contribution < -0.4 is 20.3 Å². The second-order valence-corrected chi connectivity index (χ2v) is 8.48. The number of halogens is 1. The molecule has 4 rings (SSSR count). The third-order valence-electron chi connectivity index (χ3n) is 5.57. The maximum atomic E-state index is 13.4. The van der Waals surface area contributed by atoms with E-state index in [1.165, 1.54) is 18.2 Å². The smallest absolute Gasteiger partial charge is 0.326 e. The van der Waals surface area contributed by atoms with E-state index in [-0.39, 0.29) is 17.5 Å². The molecule has 188 valence electrons. The van der Waals surface area contributed by atoms with Gasteiger partial charge in [-0.25, -0.2) is 9.18 Å². The summed E-state index contributed by atoms with van der Waals surface area (Å²) in [5.74, 6) is 0.540. The number of para-hydroxylation sites is 1. The molecule has 0 aliphatic heterocycles. The molecule has 0 bridgehead atoms. The standard InChI is InChI=1S/C30H28FN3O3/c1-22-8-5-11-25(20-22)33-30(36)34(19-7-18-32-29(35)23-9-6-10-24(31)21-23)26-14-16-28(17-15-26)37-27-12-3-2-4-13-27/h2-6,8-17,20-21H,7,18-19H2,1H3,(H,32,35)(H,33,36). The molecular formula is C30H28FN3O3. The van der Waals surface area contributed by atoms with E-state index in [4.69, 9.17) is 4.74 Å². The van der Waals surface area contributed by atoms with Crippen LogP contribution in [0.1, 0.15) is 22.3 Å². The molecule has 0 saturated heterocycles. The first kappa shape index (κ1) is 25.4. The van der Waals surface area contributed by atoms with Gasteiger partial charge in [0.15, 0.2) is 0 Å². The second-order valence-electron chi connectivity index (χ2n) is 8.48. The quantitative estimate of drug-likeness (QED) is 0.250. The van der Waals surface area contributed by atoms with Gasteiger partial charge in [-0.15, -0.1) is 0 Å². The molecule has 7 heteroatoms. The third-order valence-corrected chi connectivity index (χ3v) is 5.57. The number of aryl methyl sites for hydroxylation is 1. The van der Waals surface area contributed by atoms with Gasteiger partial charge >= 0.3 is 6.03 Å². The van der Waals surface area contributed by atoms with Crippen LogP contribution in [0.25, 0.3) is 0 Å². The van der Waals surface area contributed by atoms with Crippen molar-refractivity contribution in [2.75, 3.05) is 23.3 Å². The van der Waals surface area contributed by atoms with Crippen molar-refractivity contribution in [2.45, 2.75) is 13.3 Å². The van der Waals surface area contributed by atoms with E-state index in [0.717, 1.165) is 11.3 Å². The number of amides is 3. The summed E-state index contributed by atoms with van der Waals surface area (Å²) in [4.78, 5) is 27.2. The van der Waals surface area contributed by atoms with Crippen molar-refractivity contribution < 1.29 is 18.7 Å². The van der Waals surface area contributed by atoms with Crippen molar-refractivity contribution in [3.8, 4) is 11.5 Å². The van der Waals surface area contributed by atoms with Crippen LogP contribution in [0.2, 0.25) is 0 Å². The Morgan fingerprint density at radius 3 is 2.30 bits per heavy atom. The lowest BCUT2D eigenvalue weighted by Crippen LogP contribution is -2.37. The monoisotopic (exact) mass is 497 g/mol. The fourth-order valence-corrected chi connectivity index (χ4v) is 3.75. The molecule has 3 amide bonds. The van der Waals surface area contributed by atoms with E-state index in [1.807, 2.05) is 73.7 Å². The van der Waals surface area contributed by atoms with Gasteiger partial charge in [0.2, 0.25) is 0 Å². The summed E-state index contributed by atoms with van der Waals surface area (Å²) in [6, 6.07) is 29.5. The number of ether oxygens (including phenoxy) is 1. The normalized spacial score (nSPS) is 10.4. The topological polar surface area (TPSA) is 70.7 Å². The number of rotatable bonds is 9. The summed E-state index contributed by atoms with van der Waals surface area (Å²) in [5, 5.41) is 5.73. The molecule has 0 radical (unpaired) electrons. The lowest BCUT2D eigenvalue weighted by molar-refractivity contribution is 0.0953. The van der Waals surface area contributed by atoms with Crippen molar-refractivity contribution >= 4 is 23.3 Å². The Labute approximate surface area is 215 Å². The van der Waals surface area contributed by atoms with Crippen LogP contribution in [0.15, 0.2) is 103 Å². The van der Waals surface area contributed by atoms with Gasteiger partial charge in [0, 0.05) is 30.0 Å². The van der Waals surface area contributed by atoms with Gasteiger partial charge in [0.25, 0.3) is 5.91 Å². The van der Waals surface area contributed by atoms with Gasteiger partial charge in [-0.3, -0.25) is 9.69 Å². The Morgan fingerprint density at radius 1 is 0.838 bits per heavy atom. The Bertz CT molecular complexity index is 1340. The molecule has 4 aromatic rings. The highest BCUT2D eigenvalue weighted by atomic mass is 19.1. The zero-order valence-corrected chi connectivity index (χ0v) is 20.5. The molecule has 0 spiro atoms. The number of carbonyl (C=O) groups is 2. The zero-order chi connectivity index (χ0) is 26.0. The summed E-state index contributed by atoms with van der Waals surface area (Å²) in [7, 11) is 0. The molecule has 0 aromatic heterocycles.